The van der Waals surface area contributed by atoms with Crippen LogP contribution in [0.4, 0.5) is 10.2 Å². The van der Waals surface area contributed by atoms with Crippen molar-refractivity contribution in [2.45, 2.75) is 38.5 Å². The minimum atomic E-state index is -0.489. The van der Waals surface area contributed by atoms with E-state index in [2.05, 4.69) is 21.7 Å². The standard InChI is InChI=1S/C30H30FN5O2/c1-18-22-9-8-21-26(20-6-4-5-7-23(20)31)34-29(35-28(21)30(22,2)17-24(32-3)27(18)37)19-10-11-33-25(16-19)36-12-14-38-15-13-36/h4-7,10-11,16,18,22,37H,8-9,12-15,17H2,1-2H3/t18-,22-,30-/m1/s1. The molecule has 6 rings (SSSR count). The highest BCUT2D eigenvalue weighted by atomic mass is 19.1. The molecule has 0 amide bonds. The van der Waals surface area contributed by atoms with Crippen molar-refractivity contribution in [2.75, 3.05) is 31.2 Å². The van der Waals surface area contributed by atoms with E-state index in [1.54, 1.807) is 18.3 Å². The molecule has 1 fully saturated rings. The maximum Gasteiger partial charge on any atom is 0.203 e. The van der Waals surface area contributed by atoms with Gasteiger partial charge < -0.3 is 14.7 Å². The number of aliphatic hydroxyl groups is 1. The molecule has 1 N–H and O–H groups in total. The van der Waals surface area contributed by atoms with Gasteiger partial charge in [-0.2, -0.15) is 0 Å². The largest absolute Gasteiger partial charge is 0.523 e. The minimum Gasteiger partial charge on any atom is -0.523 e. The SMILES string of the molecule is [C-]#[N+]C1=C(O)[C@H](C)[C@H]2CCc3c(-c4ccccc4F)nc(-c4ccnc(N5CCOCC5)c4)nc3[C@]2(C)C1. The molecule has 38 heavy (non-hydrogen) atoms. The Kier molecular flexibility index (Phi) is 6.11. The first kappa shape index (κ1) is 24.5. The number of hydrogen-bond donors (Lipinski definition) is 1. The van der Waals surface area contributed by atoms with E-state index in [0.717, 1.165) is 42.1 Å². The lowest BCUT2D eigenvalue weighted by Gasteiger charge is -2.48. The van der Waals surface area contributed by atoms with Gasteiger partial charge in [-0.15, -0.1) is 0 Å². The number of nitrogens with zero attached hydrogens (tertiary/aromatic N) is 5. The summed E-state index contributed by atoms with van der Waals surface area (Å²) in [6.07, 6.45) is 3.64. The summed E-state index contributed by atoms with van der Waals surface area (Å²) < 4.78 is 20.7. The topological polar surface area (TPSA) is 75.7 Å². The molecule has 0 unspecified atom stereocenters. The summed E-state index contributed by atoms with van der Waals surface area (Å²) in [6.45, 7) is 14.7. The number of aromatic nitrogens is 3. The van der Waals surface area contributed by atoms with Crippen LogP contribution in [-0.4, -0.2) is 46.4 Å². The minimum absolute atomic E-state index is 0.109. The third-order valence-electron chi connectivity index (χ3n) is 8.54. The first-order chi connectivity index (χ1) is 18.4. The number of ether oxygens (including phenoxy) is 1. The van der Waals surface area contributed by atoms with Crippen LogP contribution in [0.25, 0.3) is 27.5 Å². The maximum atomic E-state index is 15.2. The third-order valence-corrected chi connectivity index (χ3v) is 8.54. The summed E-state index contributed by atoms with van der Waals surface area (Å²) in [5.74, 6) is 1.16. The van der Waals surface area contributed by atoms with Crippen LogP contribution in [0.15, 0.2) is 54.1 Å². The van der Waals surface area contributed by atoms with E-state index in [9.17, 15) is 5.11 Å². The molecule has 8 heteroatoms. The lowest BCUT2D eigenvalue weighted by molar-refractivity contribution is 0.122. The predicted octanol–water partition coefficient (Wildman–Crippen LogP) is 5.73. The maximum absolute atomic E-state index is 15.2. The third kappa shape index (κ3) is 3.93. The smallest absolute Gasteiger partial charge is 0.203 e. The van der Waals surface area contributed by atoms with E-state index in [4.69, 9.17) is 21.3 Å². The monoisotopic (exact) mass is 511 g/mol. The van der Waals surface area contributed by atoms with Crippen molar-refractivity contribution in [3.8, 4) is 22.6 Å². The second-order valence-electron chi connectivity index (χ2n) is 10.7. The normalized spacial score (nSPS) is 24.9. The summed E-state index contributed by atoms with van der Waals surface area (Å²) in [5, 5.41) is 10.8. The molecule has 1 saturated heterocycles. The average Bonchev–Trinajstić information content (AvgIpc) is 2.95. The molecule has 0 saturated carbocycles. The van der Waals surface area contributed by atoms with Crippen molar-refractivity contribution in [1.29, 1.82) is 0 Å². The zero-order chi connectivity index (χ0) is 26.4. The molecule has 0 radical (unpaired) electrons. The van der Waals surface area contributed by atoms with Crippen LogP contribution in [0.1, 0.15) is 37.9 Å². The van der Waals surface area contributed by atoms with Gasteiger partial charge in [0.05, 0.1) is 36.9 Å². The molecule has 0 bridgehead atoms. The van der Waals surface area contributed by atoms with E-state index in [-0.39, 0.29) is 23.4 Å². The molecule has 1 aromatic carbocycles. The molecule has 3 aliphatic rings. The number of aliphatic hydroxyl groups excluding tert-OH is 1. The number of allylic oxidation sites excluding steroid dienone is 2. The zero-order valence-corrected chi connectivity index (χ0v) is 21.6. The van der Waals surface area contributed by atoms with Gasteiger partial charge in [0.15, 0.2) is 5.82 Å². The fourth-order valence-corrected chi connectivity index (χ4v) is 6.52. The predicted molar refractivity (Wildman–Crippen MR) is 143 cm³/mol. The van der Waals surface area contributed by atoms with E-state index < -0.39 is 5.41 Å². The number of benzene rings is 1. The van der Waals surface area contributed by atoms with Gasteiger partial charge >= 0.3 is 0 Å². The Hall–Kier alpha value is -3.83. The summed E-state index contributed by atoms with van der Waals surface area (Å²) in [5.41, 5.74) is 3.53. The molecule has 0 spiro atoms. The number of hydrogen-bond acceptors (Lipinski definition) is 6. The van der Waals surface area contributed by atoms with Gasteiger partial charge in [-0.05, 0) is 49.4 Å². The van der Waals surface area contributed by atoms with Gasteiger partial charge in [-0.1, -0.05) is 26.0 Å². The molecule has 3 aromatic rings. The Morgan fingerprint density at radius 2 is 1.97 bits per heavy atom. The van der Waals surface area contributed by atoms with Crippen LogP contribution in [-0.2, 0) is 16.6 Å². The van der Waals surface area contributed by atoms with Crippen LogP contribution in [0.5, 0.6) is 0 Å². The summed E-state index contributed by atoms with van der Waals surface area (Å²) >= 11 is 0. The molecule has 7 nitrogen and oxygen atoms in total. The van der Waals surface area contributed by atoms with Gasteiger partial charge in [0.2, 0.25) is 5.70 Å². The molecule has 3 heterocycles. The van der Waals surface area contributed by atoms with Gasteiger partial charge in [-0.3, -0.25) is 0 Å². The van der Waals surface area contributed by atoms with Crippen LogP contribution in [0.3, 0.4) is 0 Å². The average molecular weight is 512 g/mol. The number of anilines is 1. The highest BCUT2D eigenvalue weighted by Gasteiger charge is 2.50. The fraction of sp³-hybridized carbons (Fsp3) is 0.400. The Labute approximate surface area is 221 Å². The number of fused-ring (bicyclic) bond motifs is 3. The fourth-order valence-electron chi connectivity index (χ4n) is 6.52. The van der Waals surface area contributed by atoms with E-state index in [1.807, 2.05) is 25.1 Å². The molecular weight excluding hydrogens is 481 g/mol. The van der Waals surface area contributed by atoms with Gasteiger partial charge in [0, 0.05) is 47.3 Å². The quantitative estimate of drug-likeness (QED) is 0.453. The Balaban J connectivity index is 1.56. The van der Waals surface area contributed by atoms with Crippen LogP contribution in [0.2, 0.25) is 0 Å². The van der Waals surface area contributed by atoms with Crippen molar-refractivity contribution in [1.82, 2.24) is 15.0 Å². The second kappa shape index (κ2) is 9.48. The number of morpholine rings is 1. The second-order valence-corrected chi connectivity index (χ2v) is 10.7. The highest BCUT2D eigenvalue weighted by molar-refractivity contribution is 5.70. The van der Waals surface area contributed by atoms with Gasteiger partial charge in [0.25, 0.3) is 0 Å². The van der Waals surface area contributed by atoms with E-state index in [1.165, 1.54) is 6.07 Å². The van der Waals surface area contributed by atoms with Crippen molar-refractivity contribution in [3.05, 3.63) is 82.5 Å². The highest BCUT2D eigenvalue weighted by Crippen LogP contribution is 2.54. The number of rotatable bonds is 3. The summed E-state index contributed by atoms with van der Waals surface area (Å²) in [6, 6.07) is 10.6. The van der Waals surface area contributed by atoms with Crippen LogP contribution < -0.4 is 4.90 Å². The number of halogens is 1. The Morgan fingerprint density at radius 3 is 2.74 bits per heavy atom. The first-order valence-corrected chi connectivity index (χ1v) is 13.2. The molecule has 1 aliphatic heterocycles. The van der Waals surface area contributed by atoms with E-state index in [0.29, 0.717) is 48.8 Å². The lowest BCUT2D eigenvalue weighted by atomic mass is 9.57. The van der Waals surface area contributed by atoms with Crippen molar-refractivity contribution in [3.63, 3.8) is 0 Å². The summed E-state index contributed by atoms with van der Waals surface area (Å²) in [4.78, 5) is 20.6. The van der Waals surface area contributed by atoms with Crippen molar-refractivity contribution in [2.24, 2.45) is 11.8 Å². The lowest BCUT2D eigenvalue weighted by Crippen LogP contribution is -2.45. The molecule has 194 valence electrons. The Bertz CT molecular complexity index is 1480. The van der Waals surface area contributed by atoms with Crippen LogP contribution in [0, 0.1) is 24.2 Å². The van der Waals surface area contributed by atoms with Crippen molar-refractivity contribution >= 4 is 5.82 Å². The Morgan fingerprint density at radius 1 is 1.18 bits per heavy atom. The van der Waals surface area contributed by atoms with Crippen molar-refractivity contribution < 1.29 is 14.2 Å². The van der Waals surface area contributed by atoms with Gasteiger partial charge in [0.1, 0.15) is 11.6 Å². The molecule has 3 atom stereocenters. The first-order valence-electron chi connectivity index (χ1n) is 13.2. The molecular formula is C30H30FN5O2. The summed E-state index contributed by atoms with van der Waals surface area (Å²) in [7, 11) is 0. The zero-order valence-electron chi connectivity index (χ0n) is 21.6. The molecule has 2 aliphatic carbocycles. The van der Waals surface area contributed by atoms with E-state index >= 15 is 4.39 Å². The van der Waals surface area contributed by atoms with Crippen LogP contribution >= 0.6 is 0 Å². The number of pyridine rings is 1. The molecule has 2 aromatic heterocycles. The van der Waals surface area contributed by atoms with Gasteiger partial charge in [-0.25, -0.2) is 24.2 Å².